The van der Waals surface area contributed by atoms with Gasteiger partial charge < -0.3 is 20.5 Å². The Morgan fingerprint density at radius 2 is 1.68 bits per heavy atom. The molecule has 1 atom stereocenters. The molecule has 0 aromatic heterocycles. The second kappa shape index (κ2) is 8.73. The predicted molar refractivity (Wildman–Crippen MR) is 94.9 cm³/mol. The normalized spacial score (nSPS) is 11.4. The SMILES string of the molecule is Cc1ccc(OC(C)CNC(=O)NCc2ccc(C(=O)O)cc2)cc1. The molecule has 2 rings (SSSR count). The number of amides is 2. The minimum absolute atomic E-state index is 0.164. The third kappa shape index (κ3) is 6.18. The van der Waals surface area contributed by atoms with Crippen LogP contribution in [0, 0.1) is 6.92 Å². The fourth-order valence-electron chi connectivity index (χ4n) is 2.14. The molecule has 0 saturated carbocycles. The molecule has 2 aromatic carbocycles. The van der Waals surface area contributed by atoms with Crippen molar-refractivity contribution in [2.45, 2.75) is 26.5 Å². The van der Waals surface area contributed by atoms with Crippen LogP contribution in [0.3, 0.4) is 0 Å². The van der Waals surface area contributed by atoms with Crippen LogP contribution < -0.4 is 15.4 Å². The highest BCUT2D eigenvalue weighted by Crippen LogP contribution is 2.13. The monoisotopic (exact) mass is 342 g/mol. The van der Waals surface area contributed by atoms with Gasteiger partial charge in [0.05, 0.1) is 12.1 Å². The molecule has 0 radical (unpaired) electrons. The van der Waals surface area contributed by atoms with Crippen LogP contribution in [0.15, 0.2) is 48.5 Å². The molecule has 2 aromatic rings. The largest absolute Gasteiger partial charge is 0.489 e. The molecule has 0 aliphatic rings. The lowest BCUT2D eigenvalue weighted by Crippen LogP contribution is -2.40. The number of carbonyl (C=O) groups is 2. The number of aromatic carboxylic acids is 1. The van der Waals surface area contributed by atoms with Gasteiger partial charge in [0.1, 0.15) is 11.9 Å². The third-order valence-electron chi connectivity index (χ3n) is 3.56. The molecule has 3 N–H and O–H groups in total. The van der Waals surface area contributed by atoms with Gasteiger partial charge in [0.15, 0.2) is 0 Å². The Bertz CT molecular complexity index is 711. The summed E-state index contributed by atoms with van der Waals surface area (Å²) in [7, 11) is 0. The van der Waals surface area contributed by atoms with Crippen molar-refractivity contribution < 1.29 is 19.4 Å². The molecular formula is C19H22N2O4. The van der Waals surface area contributed by atoms with E-state index in [1.807, 2.05) is 38.1 Å². The van der Waals surface area contributed by atoms with Crippen molar-refractivity contribution in [2.24, 2.45) is 0 Å². The maximum atomic E-state index is 11.8. The Balaban J connectivity index is 1.71. The number of hydrogen-bond donors (Lipinski definition) is 3. The van der Waals surface area contributed by atoms with Crippen LogP contribution >= 0.6 is 0 Å². The smallest absolute Gasteiger partial charge is 0.335 e. The summed E-state index contributed by atoms with van der Waals surface area (Å²) in [6.07, 6.45) is -0.164. The number of hydrogen-bond acceptors (Lipinski definition) is 3. The molecule has 1 unspecified atom stereocenters. The number of nitrogens with one attached hydrogen (secondary N) is 2. The van der Waals surface area contributed by atoms with Crippen molar-refractivity contribution in [3.63, 3.8) is 0 Å². The van der Waals surface area contributed by atoms with Crippen LogP contribution in [-0.2, 0) is 6.54 Å². The van der Waals surface area contributed by atoms with Crippen LogP contribution in [0.1, 0.15) is 28.4 Å². The van der Waals surface area contributed by atoms with E-state index in [1.165, 1.54) is 12.1 Å². The molecule has 0 bridgehead atoms. The second-order valence-electron chi connectivity index (χ2n) is 5.81. The first-order chi connectivity index (χ1) is 11.9. The van der Waals surface area contributed by atoms with E-state index >= 15 is 0 Å². The molecule has 0 spiro atoms. The summed E-state index contributed by atoms with van der Waals surface area (Å²) in [6.45, 7) is 4.58. The average Bonchev–Trinajstić information content (AvgIpc) is 2.60. The van der Waals surface area contributed by atoms with E-state index in [1.54, 1.807) is 12.1 Å². The van der Waals surface area contributed by atoms with Gasteiger partial charge >= 0.3 is 12.0 Å². The molecule has 0 fully saturated rings. The molecule has 0 aliphatic heterocycles. The van der Waals surface area contributed by atoms with E-state index in [0.29, 0.717) is 13.1 Å². The maximum Gasteiger partial charge on any atom is 0.335 e. The van der Waals surface area contributed by atoms with Crippen LogP contribution in [-0.4, -0.2) is 29.8 Å². The number of carboxylic acid groups (broad SMARTS) is 1. The van der Waals surface area contributed by atoms with Gasteiger partial charge in [-0.3, -0.25) is 0 Å². The van der Waals surface area contributed by atoms with Gasteiger partial charge in [-0.1, -0.05) is 29.8 Å². The first kappa shape index (κ1) is 18.3. The van der Waals surface area contributed by atoms with E-state index in [4.69, 9.17) is 9.84 Å². The van der Waals surface area contributed by atoms with Crippen molar-refractivity contribution in [2.75, 3.05) is 6.54 Å². The van der Waals surface area contributed by atoms with Gasteiger partial charge in [-0.25, -0.2) is 9.59 Å². The summed E-state index contributed by atoms with van der Waals surface area (Å²) in [4.78, 5) is 22.6. The van der Waals surface area contributed by atoms with Gasteiger partial charge in [-0.05, 0) is 43.7 Å². The number of ether oxygens (including phenoxy) is 1. The summed E-state index contributed by atoms with van der Waals surface area (Å²) in [5, 5.41) is 14.3. The first-order valence-electron chi connectivity index (χ1n) is 8.01. The topological polar surface area (TPSA) is 87.7 Å². The Labute approximate surface area is 146 Å². The quantitative estimate of drug-likeness (QED) is 0.722. The molecule has 0 aliphatic carbocycles. The summed E-state index contributed by atoms with van der Waals surface area (Å²) in [5.74, 6) is -0.210. The van der Waals surface area contributed by atoms with Crippen molar-refractivity contribution in [3.05, 3.63) is 65.2 Å². The molecule has 0 saturated heterocycles. The van der Waals surface area contributed by atoms with Crippen LogP contribution in [0.2, 0.25) is 0 Å². The van der Waals surface area contributed by atoms with Gasteiger partial charge in [0.2, 0.25) is 0 Å². The molecule has 132 valence electrons. The minimum atomic E-state index is -0.972. The third-order valence-corrected chi connectivity index (χ3v) is 3.56. The van der Waals surface area contributed by atoms with E-state index in [2.05, 4.69) is 10.6 Å². The molecule has 6 nitrogen and oxygen atoms in total. The molecule has 0 heterocycles. The van der Waals surface area contributed by atoms with Crippen LogP contribution in [0.25, 0.3) is 0 Å². The molecule has 25 heavy (non-hydrogen) atoms. The molecule has 2 amide bonds. The lowest BCUT2D eigenvalue weighted by Gasteiger charge is -2.16. The number of aryl methyl sites for hydroxylation is 1. The number of benzene rings is 2. The van der Waals surface area contributed by atoms with E-state index in [9.17, 15) is 9.59 Å². The Hall–Kier alpha value is -3.02. The maximum absolute atomic E-state index is 11.8. The average molecular weight is 342 g/mol. The number of rotatable bonds is 7. The standard InChI is InChI=1S/C19H22N2O4/c1-13-3-9-17(10-4-13)25-14(2)11-20-19(24)21-12-15-5-7-16(8-6-15)18(22)23/h3-10,14H,11-12H2,1-2H3,(H,22,23)(H2,20,21,24). The van der Waals surface area contributed by atoms with Gasteiger partial charge in [0, 0.05) is 6.54 Å². The predicted octanol–water partition coefficient (Wildman–Crippen LogP) is 2.96. The summed E-state index contributed by atoms with van der Waals surface area (Å²) >= 11 is 0. The highest BCUT2D eigenvalue weighted by Gasteiger charge is 2.07. The van der Waals surface area contributed by atoms with Crippen molar-refractivity contribution in [3.8, 4) is 5.75 Å². The van der Waals surface area contributed by atoms with Crippen LogP contribution in [0.4, 0.5) is 4.79 Å². The Morgan fingerprint density at radius 1 is 1.04 bits per heavy atom. The zero-order valence-electron chi connectivity index (χ0n) is 14.3. The van der Waals surface area contributed by atoms with Gasteiger partial charge in [0.25, 0.3) is 0 Å². The number of carboxylic acids is 1. The molecule has 6 heteroatoms. The lowest BCUT2D eigenvalue weighted by atomic mass is 10.1. The van der Waals surface area contributed by atoms with Crippen molar-refractivity contribution in [1.29, 1.82) is 0 Å². The van der Waals surface area contributed by atoms with Gasteiger partial charge in [-0.2, -0.15) is 0 Å². The van der Waals surface area contributed by atoms with E-state index < -0.39 is 5.97 Å². The zero-order chi connectivity index (χ0) is 18.2. The van der Waals surface area contributed by atoms with Crippen LogP contribution in [0.5, 0.6) is 5.75 Å². The highest BCUT2D eigenvalue weighted by atomic mass is 16.5. The summed E-state index contributed by atoms with van der Waals surface area (Å²) in [5.41, 5.74) is 2.20. The Morgan fingerprint density at radius 3 is 2.28 bits per heavy atom. The molecular weight excluding hydrogens is 320 g/mol. The van der Waals surface area contributed by atoms with E-state index in [0.717, 1.165) is 16.9 Å². The fraction of sp³-hybridized carbons (Fsp3) is 0.263. The van der Waals surface area contributed by atoms with E-state index in [-0.39, 0.29) is 17.7 Å². The second-order valence-corrected chi connectivity index (χ2v) is 5.81. The van der Waals surface area contributed by atoms with Crippen molar-refractivity contribution >= 4 is 12.0 Å². The summed E-state index contributed by atoms with van der Waals surface area (Å²) < 4.78 is 5.72. The minimum Gasteiger partial charge on any atom is -0.489 e. The highest BCUT2D eigenvalue weighted by molar-refractivity contribution is 5.87. The fourth-order valence-corrected chi connectivity index (χ4v) is 2.14. The lowest BCUT2D eigenvalue weighted by molar-refractivity contribution is 0.0697. The Kier molecular flexibility index (Phi) is 6.39. The van der Waals surface area contributed by atoms with Gasteiger partial charge in [-0.15, -0.1) is 0 Å². The first-order valence-corrected chi connectivity index (χ1v) is 8.01. The number of carbonyl (C=O) groups excluding carboxylic acids is 1. The number of urea groups is 1. The summed E-state index contributed by atoms with van der Waals surface area (Å²) in [6, 6.07) is 13.8. The van der Waals surface area contributed by atoms with Crippen molar-refractivity contribution in [1.82, 2.24) is 10.6 Å². The zero-order valence-corrected chi connectivity index (χ0v) is 14.3.